The predicted molar refractivity (Wildman–Crippen MR) is 102 cm³/mol. The monoisotopic (exact) mass is 384 g/mol. The molecule has 0 saturated carbocycles. The second-order valence-corrected chi connectivity index (χ2v) is 7.82. The summed E-state index contributed by atoms with van der Waals surface area (Å²) in [6, 6.07) is 17.4. The lowest BCUT2D eigenvalue weighted by Gasteiger charge is -2.11. The van der Waals surface area contributed by atoms with Crippen molar-refractivity contribution in [3.05, 3.63) is 89.4 Å². The number of hydrogen-bond donors (Lipinski definition) is 2. The minimum Gasteiger partial charge on any atom is -0.468 e. The second-order valence-electron chi connectivity index (χ2n) is 6.05. The molecule has 3 aromatic rings. The maximum atomic E-state index is 12.5. The average Bonchev–Trinajstić information content (AvgIpc) is 3.19. The Bertz CT molecular complexity index is 1010. The maximum absolute atomic E-state index is 12.5. The van der Waals surface area contributed by atoms with Gasteiger partial charge >= 0.3 is 0 Å². The van der Waals surface area contributed by atoms with Crippen LogP contribution in [0, 0.1) is 6.92 Å². The Balaban J connectivity index is 1.73. The zero-order valence-electron chi connectivity index (χ0n) is 14.8. The number of carbonyl (C=O) groups is 1. The molecule has 0 radical (unpaired) electrons. The van der Waals surface area contributed by atoms with Crippen molar-refractivity contribution in [1.29, 1.82) is 0 Å². The van der Waals surface area contributed by atoms with Crippen LogP contribution in [0.3, 0.4) is 0 Å². The van der Waals surface area contributed by atoms with Crippen LogP contribution in [0.25, 0.3) is 0 Å². The van der Waals surface area contributed by atoms with E-state index in [0.717, 1.165) is 5.56 Å². The Morgan fingerprint density at radius 1 is 1.00 bits per heavy atom. The molecule has 0 spiro atoms. The van der Waals surface area contributed by atoms with Crippen LogP contribution in [0.1, 0.15) is 27.2 Å². The summed E-state index contributed by atoms with van der Waals surface area (Å²) in [5, 5.41) is 2.82. The first-order valence-corrected chi connectivity index (χ1v) is 9.89. The van der Waals surface area contributed by atoms with E-state index < -0.39 is 10.0 Å². The highest BCUT2D eigenvalue weighted by molar-refractivity contribution is 7.89. The number of hydrogen-bond acceptors (Lipinski definition) is 4. The first kappa shape index (κ1) is 18.9. The van der Waals surface area contributed by atoms with Crippen molar-refractivity contribution in [2.75, 3.05) is 0 Å². The zero-order valence-corrected chi connectivity index (χ0v) is 15.6. The summed E-state index contributed by atoms with van der Waals surface area (Å²) in [4.78, 5) is 12.6. The van der Waals surface area contributed by atoms with Gasteiger partial charge in [0.15, 0.2) is 0 Å². The number of amides is 1. The van der Waals surface area contributed by atoms with E-state index in [-0.39, 0.29) is 17.3 Å². The van der Waals surface area contributed by atoms with E-state index in [9.17, 15) is 13.2 Å². The molecule has 0 aliphatic rings. The van der Waals surface area contributed by atoms with Gasteiger partial charge in [0.25, 0.3) is 5.91 Å². The largest absolute Gasteiger partial charge is 0.468 e. The first-order chi connectivity index (χ1) is 13.0. The molecule has 2 N–H and O–H groups in total. The van der Waals surface area contributed by atoms with E-state index in [0.29, 0.717) is 23.4 Å². The van der Waals surface area contributed by atoms with Gasteiger partial charge in [-0.25, -0.2) is 13.1 Å². The number of rotatable bonds is 7. The fourth-order valence-corrected chi connectivity index (χ4v) is 3.57. The van der Waals surface area contributed by atoms with Gasteiger partial charge in [-0.05, 0) is 42.3 Å². The molecule has 0 aliphatic heterocycles. The Morgan fingerprint density at radius 2 is 1.78 bits per heavy atom. The standard InChI is InChI=1S/C20H20N2O4S/c1-15-9-10-18(27(24,25)22-14-17-8-5-11-26-17)12-19(15)20(23)21-13-16-6-3-2-4-7-16/h2-12,22H,13-14H2,1H3,(H,21,23). The summed E-state index contributed by atoms with van der Waals surface area (Å²) in [6.07, 6.45) is 1.48. The van der Waals surface area contributed by atoms with Crippen LogP contribution < -0.4 is 10.0 Å². The lowest BCUT2D eigenvalue weighted by Crippen LogP contribution is -2.26. The van der Waals surface area contributed by atoms with Crippen molar-refractivity contribution in [2.24, 2.45) is 0 Å². The number of furan rings is 1. The van der Waals surface area contributed by atoms with Crippen molar-refractivity contribution in [3.63, 3.8) is 0 Å². The molecule has 1 amide bonds. The van der Waals surface area contributed by atoms with Gasteiger partial charge in [0, 0.05) is 12.1 Å². The highest BCUT2D eigenvalue weighted by atomic mass is 32.2. The molecule has 1 aromatic heterocycles. The molecule has 0 bridgehead atoms. The van der Waals surface area contributed by atoms with Crippen LogP contribution in [0.2, 0.25) is 0 Å². The number of benzene rings is 2. The second kappa shape index (κ2) is 8.20. The summed E-state index contributed by atoms with van der Waals surface area (Å²) in [5.41, 5.74) is 1.99. The molecule has 0 unspecified atom stereocenters. The van der Waals surface area contributed by atoms with Crippen LogP contribution in [0.4, 0.5) is 0 Å². The number of sulfonamides is 1. The number of nitrogens with one attached hydrogen (secondary N) is 2. The van der Waals surface area contributed by atoms with Gasteiger partial charge in [0.2, 0.25) is 10.0 Å². The fourth-order valence-electron chi connectivity index (χ4n) is 2.55. The van der Waals surface area contributed by atoms with Gasteiger partial charge in [0.05, 0.1) is 17.7 Å². The molecule has 0 aliphatic carbocycles. The molecule has 0 atom stereocenters. The SMILES string of the molecule is Cc1ccc(S(=O)(=O)NCc2ccco2)cc1C(=O)NCc1ccccc1. The Hall–Kier alpha value is -2.90. The quantitative estimate of drug-likeness (QED) is 0.655. The van der Waals surface area contributed by atoms with Gasteiger partial charge in [-0.15, -0.1) is 0 Å². The normalized spacial score (nSPS) is 11.3. The highest BCUT2D eigenvalue weighted by Crippen LogP contribution is 2.16. The van der Waals surface area contributed by atoms with E-state index in [4.69, 9.17) is 4.42 Å². The smallest absolute Gasteiger partial charge is 0.251 e. The van der Waals surface area contributed by atoms with Crippen molar-refractivity contribution < 1.29 is 17.6 Å². The molecule has 1 heterocycles. The molecule has 140 valence electrons. The molecular weight excluding hydrogens is 364 g/mol. The number of carbonyl (C=O) groups excluding carboxylic acids is 1. The number of aryl methyl sites for hydroxylation is 1. The lowest BCUT2D eigenvalue weighted by molar-refractivity contribution is 0.0950. The Labute approximate surface area is 158 Å². The van der Waals surface area contributed by atoms with Gasteiger partial charge in [-0.1, -0.05) is 36.4 Å². The lowest BCUT2D eigenvalue weighted by atomic mass is 10.1. The molecule has 0 fully saturated rings. The van der Waals surface area contributed by atoms with Crippen LogP contribution >= 0.6 is 0 Å². The molecule has 7 heteroatoms. The molecule has 3 rings (SSSR count). The van der Waals surface area contributed by atoms with E-state index in [2.05, 4.69) is 10.0 Å². The molecule has 27 heavy (non-hydrogen) atoms. The highest BCUT2D eigenvalue weighted by Gasteiger charge is 2.18. The summed E-state index contributed by atoms with van der Waals surface area (Å²) in [6.45, 7) is 2.18. The van der Waals surface area contributed by atoms with Gasteiger partial charge in [0.1, 0.15) is 5.76 Å². The topological polar surface area (TPSA) is 88.4 Å². The molecule has 0 saturated heterocycles. The minimum atomic E-state index is -3.77. The first-order valence-electron chi connectivity index (χ1n) is 8.40. The van der Waals surface area contributed by atoms with Gasteiger partial charge in [-0.3, -0.25) is 4.79 Å². The zero-order chi connectivity index (χ0) is 19.3. The van der Waals surface area contributed by atoms with E-state index in [1.165, 1.54) is 18.4 Å². The van der Waals surface area contributed by atoms with Crippen LogP contribution in [-0.4, -0.2) is 14.3 Å². The van der Waals surface area contributed by atoms with Crippen molar-refractivity contribution in [2.45, 2.75) is 24.9 Å². The summed E-state index contributed by atoms with van der Waals surface area (Å²) >= 11 is 0. The summed E-state index contributed by atoms with van der Waals surface area (Å²) in [5.74, 6) is 0.186. The summed E-state index contributed by atoms with van der Waals surface area (Å²) in [7, 11) is -3.77. The Kier molecular flexibility index (Phi) is 5.73. The molecular formula is C20H20N2O4S. The summed E-state index contributed by atoms with van der Waals surface area (Å²) < 4.78 is 32.6. The third-order valence-electron chi connectivity index (χ3n) is 4.08. The maximum Gasteiger partial charge on any atom is 0.251 e. The third-order valence-corrected chi connectivity index (χ3v) is 5.48. The fraction of sp³-hybridized carbons (Fsp3) is 0.150. The van der Waals surface area contributed by atoms with Crippen LogP contribution in [0.5, 0.6) is 0 Å². The van der Waals surface area contributed by atoms with E-state index >= 15 is 0 Å². The predicted octanol–water partition coefficient (Wildman–Crippen LogP) is 3.00. The van der Waals surface area contributed by atoms with Crippen molar-refractivity contribution >= 4 is 15.9 Å². The van der Waals surface area contributed by atoms with E-state index in [1.807, 2.05) is 30.3 Å². The van der Waals surface area contributed by atoms with Crippen LogP contribution in [0.15, 0.2) is 76.2 Å². The minimum absolute atomic E-state index is 0.0320. The van der Waals surface area contributed by atoms with Gasteiger partial charge in [-0.2, -0.15) is 0 Å². The van der Waals surface area contributed by atoms with Crippen molar-refractivity contribution in [3.8, 4) is 0 Å². The van der Waals surface area contributed by atoms with Crippen molar-refractivity contribution in [1.82, 2.24) is 10.0 Å². The molecule has 6 nitrogen and oxygen atoms in total. The van der Waals surface area contributed by atoms with Crippen LogP contribution in [-0.2, 0) is 23.1 Å². The Morgan fingerprint density at radius 3 is 2.48 bits per heavy atom. The third kappa shape index (κ3) is 4.84. The van der Waals surface area contributed by atoms with Gasteiger partial charge < -0.3 is 9.73 Å². The van der Waals surface area contributed by atoms with E-state index in [1.54, 1.807) is 25.1 Å². The average molecular weight is 384 g/mol. The molecule has 2 aromatic carbocycles.